The van der Waals surface area contributed by atoms with Gasteiger partial charge in [-0.15, -0.1) is 0 Å². The fraction of sp³-hybridized carbons (Fsp3) is 0.586. The van der Waals surface area contributed by atoms with Gasteiger partial charge in [0, 0.05) is 5.56 Å². The molecule has 0 aromatic heterocycles. The summed E-state index contributed by atoms with van der Waals surface area (Å²) >= 11 is 4.20. The highest BCUT2D eigenvalue weighted by Crippen LogP contribution is 2.35. The number of hydrogen-bond donors (Lipinski definition) is 2. The monoisotopic (exact) mass is 537 g/mol. The van der Waals surface area contributed by atoms with Crippen molar-refractivity contribution < 1.29 is 18.2 Å². The van der Waals surface area contributed by atoms with Gasteiger partial charge in [-0.3, -0.25) is 4.72 Å². The number of aryl methyl sites for hydroxylation is 2. The van der Waals surface area contributed by atoms with Gasteiger partial charge in [0.25, 0.3) is 0 Å². The summed E-state index contributed by atoms with van der Waals surface area (Å²) < 4.78 is 27.4. The van der Waals surface area contributed by atoms with Crippen molar-refractivity contribution in [2.45, 2.75) is 105 Å². The quantitative estimate of drug-likeness (QED) is 0.156. The number of phenols is 1. The van der Waals surface area contributed by atoms with Gasteiger partial charge in [-0.2, -0.15) is 4.21 Å². The lowest BCUT2D eigenvalue weighted by molar-refractivity contribution is 0.301. The zero-order valence-electron chi connectivity index (χ0n) is 22.6. The number of benzene rings is 2. The van der Waals surface area contributed by atoms with E-state index in [1.165, 1.54) is 63.9 Å². The Bertz CT molecular complexity index is 957. The van der Waals surface area contributed by atoms with E-state index >= 15 is 0 Å². The lowest BCUT2D eigenvalue weighted by atomic mass is 10.00. The van der Waals surface area contributed by atoms with Gasteiger partial charge in [-0.1, -0.05) is 90.2 Å². The number of aromatic hydroxyl groups is 1. The summed E-state index contributed by atoms with van der Waals surface area (Å²) in [5, 5.41) is 10.0. The molecule has 202 valence electrons. The third kappa shape index (κ3) is 10.2. The molecule has 0 saturated heterocycles. The smallest absolute Gasteiger partial charge is 0.316 e. The van der Waals surface area contributed by atoms with Crippen LogP contribution in [0.15, 0.2) is 24.3 Å². The second kappa shape index (κ2) is 16.0. The van der Waals surface area contributed by atoms with Crippen LogP contribution in [0.25, 0.3) is 0 Å². The molecule has 0 aliphatic rings. The normalized spacial score (nSPS) is 12.1. The minimum atomic E-state index is -1.83. The fourth-order valence-corrected chi connectivity index (χ4v) is 5.05. The van der Waals surface area contributed by atoms with Crippen molar-refractivity contribution in [1.82, 2.24) is 0 Å². The Morgan fingerprint density at radius 1 is 0.889 bits per heavy atom. The molecule has 2 rings (SSSR count). The Kier molecular flexibility index (Phi) is 13.5. The van der Waals surface area contributed by atoms with Crippen LogP contribution in [0.3, 0.4) is 0 Å². The molecule has 0 saturated carbocycles. The molecule has 2 N–H and O–H groups in total. The summed E-state index contributed by atoms with van der Waals surface area (Å²) in [6, 6.07) is 7.08. The van der Waals surface area contributed by atoms with E-state index < -0.39 is 11.3 Å². The van der Waals surface area contributed by atoms with Crippen molar-refractivity contribution >= 4 is 28.6 Å². The second-order valence-electron chi connectivity index (χ2n) is 9.88. The minimum absolute atomic E-state index is 0.0139. The third-order valence-electron chi connectivity index (χ3n) is 6.31. The number of phenolic OH excluding ortho intramolecular Hbond substituents is 1. The van der Waals surface area contributed by atoms with Gasteiger partial charge in [-0.05, 0) is 61.6 Å². The molecule has 0 spiro atoms. The van der Waals surface area contributed by atoms with Gasteiger partial charge in [0.2, 0.25) is 0 Å². The van der Waals surface area contributed by atoms with Gasteiger partial charge in [-0.25, -0.2) is 0 Å². The fourth-order valence-electron chi connectivity index (χ4n) is 4.12. The lowest BCUT2D eigenvalue weighted by Crippen LogP contribution is -2.13. The van der Waals surface area contributed by atoms with Crippen molar-refractivity contribution in [3.63, 3.8) is 0 Å². The molecule has 1 unspecified atom stereocenters. The Hall–Kier alpha value is -1.92. The molecule has 0 aliphatic heterocycles. The van der Waals surface area contributed by atoms with Crippen LogP contribution in [0.5, 0.6) is 17.2 Å². The number of hydrogen-bond acceptors (Lipinski definition) is 4. The average molecular weight is 538 g/mol. The van der Waals surface area contributed by atoms with Crippen LogP contribution in [-0.2, 0) is 11.3 Å². The molecule has 0 heterocycles. The van der Waals surface area contributed by atoms with E-state index in [1.54, 1.807) is 13.0 Å². The molecule has 1 atom stereocenters. The Labute approximate surface area is 225 Å². The van der Waals surface area contributed by atoms with E-state index in [2.05, 4.69) is 25.5 Å². The molecule has 2 aromatic rings. The van der Waals surface area contributed by atoms with Crippen LogP contribution in [0, 0.1) is 13.8 Å². The summed E-state index contributed by atoms with van der Waals surface area (Å²) in [5.74, 6) is 1.59. The van der Waals surface area contributed by atoms with Crippen LogP contribution in [0.2, 0.25) is 5.02 Å². The van der Waals surface area contributed by atoms with Crippen LogP contribution >= 0.6 is 11.6 Å². The first-order valence-corrected chi connectivity index (χ1v) is 14.8. The predicted octanol–water partition coefficient (Wildman–Crippen LogP) is 9.16. The maximum Gasteiger partial charge on any atom is 0.316 e. The number of nitrogens with one attached hydrogen (secondary N) is 1. The SMILES string of the molecule is CCCCCCCCCCCCOc1cc(C(C)C)c(OS(=O)Nc2cc(C)c(O)c(Cl)c2)cc1C. The third-order valence-corrected chi connectivity index (χ3v) is 7.33. The molecular weight excluding hydrogens is 494 g/mol. The highest BCUT2D eigenvalue weighted by molar-refractivity contribution is 7.82. The van der Waals surface area contributed by atoms with Gasteiger partial charge in [0.1, 0.15) is 17.2 Å². The largest absolute Gasteiger partial charge is 0.506 e. The molecule has 5 nitrogen and oxygen atoms in total. The Balaban J connectivity index is 1.86. The summed E-state index contributed by atoms with van der Waals surface area (Å²) in [4.78, 5) is 0. The molecule has 2 aromatic carbocycles. The van der Waals surface area contributed by atoms with Crippen molar-refractivity contribution in [2.75, 3.05) is 11.3 Å². The Morgan fingerprint density at radius 3 is 2.08 bits per heavy atom. The number of unbranched alkanes of at least 4 members (excludes halogenated alkanes) is 9. The van der Waals surface area contributed by atoms with Crippen LogP contribution in [0.4, 0.5) is 5.69 Å². The number of ether oxygens (including phenoxy) is 1. The van der Waals surface area contributed by atoms with Gasteiger partial charge in [0.15, 0.2) is 0 Å². The van der Waals surface area contributed by atoms with Gasteiger partial charge < -0.3 is 14.0 Å². The van der Waals surface area contributed by atoms with Crippen molar-refractivity contribution in [1.29, 1.82) is 0 Å². The van der Waals surface area contributed by atoms with E-state index in [-0.39, 0.29) is 16.7 Å². The van der Waals surface area contributed by atoms with Crippen molar-refractivity contribution in [2.24, 2.45) is 0 Å². The summed E-state index contributed by atoms with van der Waals surface area (Å²) in [6.07, 6.45) is 13.0. The zero-order chi connectivity index (χ0) is 26.5. The lowest BCUT2D eigenvalue weighted by Gasteiger charge is -2.18. The average Bonchev–Trinajstić information content (AvgIpc) is 2.81. The standard InChI is InChI=1S/C29H44ClNO4S/c1-6-7-8-9-10-11-12-13-14-15-16-34-27-20-25(21(2)3)28(18-22(27)4)35-36(33)31-24-17-23(5)29(32)26(30)19-24/h17-21,31-32H,6-16H2,1-5H3. The molecule has 7 heteroatoms. The van der Waals surface area contributed by atoms with Crippen molar-refractivity contribution in [3.8, 4) is 17.2 Å². The molecule has 0 bridgehead atoms. The van der Waals surface area contributed by atoms with E-state index in [9.17, 15) is 9.32 Å². The maximum absolute atomic E-state index is 12.7. The topological polar surface area (TPSA) is 67.8 Å². The summed E-state index contributed by atoms with van der Waals surface area (Å²) in [5.41, 5.74) is 2.98. The van der Waals surface area contributed by atoms with E-state index in [0.29, 0.717) is 23.6 Å². The highest BCUT2D eigenvalue weighted by atomic mass is 35.5. The number of halogens is 1. The van der Waals surface area contributed by atoms with E-state index in [0.717, 1.165) is 23.3 Å². The molecular formula is C29H44ClNO4S. The first-order chi connectivity index (χ1) is 17.2. The molecule has 0 radical (unpaired) electrons. The zero-order valence-corrected chi connectivity index (χ0v) is 24.2. The molecule has 0 fully saturated rings. The van der Waals surface area contributed by atoms with Crippen molar-refractivity contribution in [3.05, 3.63) is 46.0 Å². The minimum Gasteiger partial charge on any atom is -0.506 e. The number of rotatable bonds is 17. The van der Waals surface area contributed by atoms with E-state index in [1.807, 2.05) is 19.1 Å². The summed E-state index contributed by atoms with van der Waals surface area (Å²) in [7, 11) is 0. The number of anilines is 1. The highest BCUT2D eigenvalue weighted by Gasteiger charge is 2.16. The maximum atomic E-state index is 12.7. The van der Waals surface area contributed by atoms with E-state index in [4.69, 9.17) is 20.5 Å². The Morgan fingerprint density at radius 2 is 1.50 bits per heavy atom. The predicted molar refractivity (Wildman–Crippen MR) is 153 cm³/mol. The molecule has 0 aliphatic carbocycles. The van der Waals surface area contributed by atoms with Crippen LogP contribution in [-0.4, -0.2) is 15.9 Å². The summed E-state index contributed by atoms with van der Waals surface area (Å²) in [6.45, 7) is 10.8. The van der Waals surface area contributed by atoms with Crippen LogP contribution < -0.4 is 13.6 Å². The van der Waals surface area contributed by atoms with Crippen LogP contribution in [0.1, 0.15) is 108 Å². The van der Waals surface area contributed by atoms with Gasteiger partial charge >= 0.3 is 11.3 Å². The molecule has 0 amide bonds. The first-order valence-electron chi connectivity index (χ1n) is 13.4. The first kappa shape index (κ1) is 30.3. The second-order valence-corrected chi connectivity index (χ2v) is 11.1. The molecule has 36 heavy (non-hydrogen) atoms. The van der Waals surface area contributed by atoms with Gasteiger partial charge in [0.05, 0.1) is 17.3 Å².